The van der Waals surface area contributed by atoms with Crippen LogP contribution in [0.2, 0.25) is 0 Å². The fourth-order valence-electron chi connectivity index (χ4n) is 0.978. The summed E-state index contributed by atoms with van der Waals surface area (Å²) in [6.45, 7) is 8.00. The van der Waals surface area contributed by atoms with Crippen LogP contribution < -0.4 is 5.73 Å². The van der Waals surface area contributed by atoms with E-state index in [9.17, 15) is 9.59 Å². The van der Waals surface area contributed by atoms with Gasteiger partial charge in [-0.2, -0.15) is 0 Å². The third-order valence-corrected chi connectivity index (χ3v) is 1.64. The monoisotopic (exact) mass is 196 g/mol. The van der Waals surface area contributed by atoms with Crippen molar-refractivity contribution in [3.63, 3.8) is 0 Å². The van der Waals surface area contributed by atoms with Gasteiger partial charge in [-0.25, -0.2) is 0 Å². The van der Waals surface area contributed by atoms with E-state index in [1.165, 1.54) is 0 Å². The predicted molar refractivity (Wildman–Crippen MR) is 55.4 cm³/mol. The van der Waals surface area contributed by atoms with E-state index in [1.54, 1.807) is 17.1 Å². The largest absolute Gasteiger partial charge is 0.370 e. The van der Waals surface area contributed by atoms with Crippen molar-refractivity contribution in [2.45, 2.75) is 12.8 Å². The number of hydrogen-bond acceptors (Lipinski definition) is 2. The fourth-order valence-corrected chi connectivity index (χ4v) is 0.978. The Morgan fingerprint density at radius 2 is 1.64 bits per heavy atom. The van der Waals surface area contributed by atoms with E-state index in [0.717, 1.165) is 0 Å². The minimum Gasteiger partial charge on any atom is -0.370 e. The summed E-state index contributed by atoms with van der Waals surface area (Å²) in [6.07, 6.45) is 3.50. The average Bonchev–Trinajstić information content (AvgIpc) is 2.14. The summed E-state index contributed by atoms with van der Waals surface area (Å²) in [5, 5.41) is 0. The lowest BCUT2D eigenvalue weighted by molar-refractivity contribution is -0.132. The van der Waals surface area contributed by atoms with Gasteiger partial charge in [0.25, 0.3) is 0 Å². The molecule has 0 aromatic rings. The summed E-state index contributed by atoms with van der Waals surface area (Å²) in [5.74, 6) is -0.570. The van der Waals surface area contributed by atoms with Gasteiger partial charge in [0, 0.05) is 25.9 Å². The van der Waals surface area contributed by atoms with E-state index in [2.05, 4.69) is 13.2 Å². The quantitative estimate of drug-likeness (QED) is 0.601. The van der Waals surface area contributed by atoms with Gasteiger partial charge in [-0.1, -0.05) is 12.2 Å². The molecule has 0 saturated heterocycles. The molecule has 0 atom stereocenters. The zero-order chi connectivity index (χ0) is 11.0. The number of rotatable bonds is 7. The van der Waals surface area contributed by atoms with Gasteiger partial charge in [-0.05, 0) is 0 Å². The van der Waals surface area contributed by atoms with Gasteiger partial charge < -0.3 is 10.6 Å². The molecule has 0 saturated carbocycles. The highest BCUT2D eigenvalue weighted by atomic mass is 16.2. The number of carbonyl (C=O) groups is 2. The number of nitrogens with zero attached hydrogens (tertiary/aromatic N) is 1. The van der Waals surface area contributed by atoms with E-state index in [1.807, 2.05) is 0 Å². The molecule has 0 unspecified atom stereocenters. The summed E-state index contributed by atoms with van der Waals surface area (Å²) < 4.78 is 0. The summed E-state index contributed by atoms with van der Waals surface area (Å²) in [4.78, 5) is 23.5. The summed E-state index contributed by atoms with van der Waals surface area (Å²) in [5.41, 5.74) is 4.94. The molecule has 4 nitrogen and oxygen atoms in total. The average molecular weight is 196 g/mol. The van der Waals surface area contributed by atoms with Crippen LogP contribution in [0.5, 0.6) is 0 Å². The zero-order valence-corrected chi connectivity index (χ0v) is 8.24. The smallest absolute Gasteiger partial charge is 0.223 e. The molecule has 0 spiro atoms. The Labute approximate surface area is 84.1 Å². The number of carbonyl (C=O) groups excluding carboxylic acids is 2. The Hall–Kier alpha value is -1.58. The van der Waals surface area contributed by atoms with Gasteiger partial charge in [0.15, 0.2) is 0 Å². The van der Waals surface area contributed by atoms with Crippen molar-refractivity contribution in [1.29, 1.82) is 0 Å². The molecule has 78 valence electrons. The Balaban J connectivity index is 4.06. The van der Waals surface area contributed by atoms with Crippen molar-refractivity contribution in [2.24, 2.45) is 5.73 Å². The van der Waals surface area contributed by atoms with Crippen molar-refractivity contribution in [3.8, 4) is 0 Å². The van der Waals surface area contributed by atoms with Gasteiger partial charge in [0.1, 0.15) is 0 Å². The van der Waals surface area contributed by atoms with Crippen LogP contribution in [0.1, 0.15) is 12.8 Å². The van der Waals surface area contributed by atoms with Gasteiger partial charge in [0.05, 0.1) is 0 Å². The highest BCUT2D eigenvalue weighted by molar-refractivity contribution is 5.83. The van der Waals surface area contributed by atoms with Crippen LogP contribution in [-0.2, 0) is 9.59 Å². The summed E-state index contributed by atoms with van der Waals surface area (Å²) in [6, 6.07) is 0. The Morgan fingerprint density at radius 1 is 1.14 bits per heavy atom. The minimum atomic E-state index is -0.462. The maximum absolute atomic E-state index is 11.5. The third kappa shape index (κ3) is 5.13. The first-order valence-corrected chi connectivity index (χ1v) is 4.39. The van der Waals surface area contributed by atoms with Crippen LogP contribution in [0, 0.1) is 0 Å². The predicted octanol–water partition coefficient (Wildman–Crippen LogP) is 0.453. The van der Waals surface area contributed by atoms with Crippen molar-refractivity contribution < 1.29 is 9.59 Å². The van der Waals surface area contributed by atoms with E-state index < -0.39 is 5.91 Å². The fraction of sp³-hybridized carbons (Fsp3) is 0.400. The molecule has 0 heterocycles. The van der Waals surface area contributed by atoms with Gasteiger partial charge in [-0.3, -0.25) is 9.59 Å². The third-order valence-electron chi connectivity index (χ3n) is 1.64. The SMILES string of the molecule is C=CCN(CC=C)C(=O)CCC(N)=O. The molecule has 14 heavy (non-hydrogen) atoms. The molecule has 0 aromatic carbocycles. The molecule has 0 aliphatic carbocycles. The molecule has 0 rings (SSSR count). The van der Waals surface area contributed by atoms with Crippen LogP contribution in [0.4, 0.5) is 0 Å². The molecular weight excluding hydrogens is 180 g/mol. The number of hydrogen-bond donors (Lipinski definition) is 1. The first kappa shape index (κ1) is 12.4. The maximum Gasteiger partial charge on any atom is 0.223 e. The maximum atomic E-state index is 11.5. The molecule has 2 amide bonds. The second-order valence-electron chi connectivity index (χ2n) is 2.84. The van der Waals surface area contributed by atoms with Crippen molar-refractivity contribution >= 4 is 11.8 Å². The molecule has 4 heteroatoms. The van der Waals surface area contributed by atoms with Crippen LogP contribution in [0.15, 0.2) is 25.3 Å². The standard InChI is InChI=1S/C10H16N2O2/c1-3-7-12(8-4-2)10(14)6-5-9(11)13/h3-4H,1-2,5-8H2,(H2,11,13). The molecule has 0 aromatic heterocycles. The highest BCUT2D eigenvalue weighted by Crippen LogP contribution is 1.98. The lowest BCUT2D eigenvalue weighted by atomic mass is 10.2. The lowest BCUT2D eigenvalue weighted by Crippen LogP contribution is -2.31. The van der Waals surface area contributed by atoms with E-state index in [-0.39, 0.29) is 18.7 Å². The van der Waals surface area contributed by atoms with Crippen LogP contribution in [0.25, 0.3) is 0 Å². The molecular formula is C10H16N2O2. The topological polar surface area (TPSA) is 63.4 Å². The van der Waals surface area contributed by atoms with Gasteiger partial charge in [0.2, 0.25) is 11.8 Å². The number of nitrogens with two attached hydrogens (primary N) is 1. The second kappa shape index (κ2) is 6.88. The van der Waals surface area contributed by atoms with E-state index in [4.69, 9.17) is 5.73 Å². The number of amides is 2. The second-order valence-corrected chi connectivity index (χ2v) is 2.84. The number of primary amides is 1. The van der Waals surface area contributed by atoms with E-state index >= 15 is 0 Å². The molecule has 0 fully saturated rings. The molecule has 0 aliphatic heterocycles. The highest BCUT2D eigenvalue weighted by Gasteiger charge is 2.10. The van der Waals surface area contributed by atoms with Crippen LogP contribution in [0.3, 0.4) is 0 Å². The Bertz CT molecular complexity index is 226. The van der Waals surface area contributed by atoms with Crippen LogP contribution >= 0.6 is 0 Å². The molecule has 2 N–H and O–H groups in total. The zero-order valence-electron chi connectivity index (χ0n) is 8.24. The first-order chi connectivity index (χ1) is 6.61. The van der Waals surface area contributed by atoms with E-state index in [0.29, 0.717) is 13.1 Å². The summed E-state index contributed by atoms with van der Waals surface area (Å²) in [7, 11) is 0. The summed E-state index contributed by atoms with van der Waals surface area (Å²) >= 11 is 0. The minimum absolute atomic E-state index is 0.0869. The van der Waals surface area contributed by atoms with Gasteiger partial charge in [-0.15, -0.1) is 13.2 Å². The Kier molecular flexibility index (Phi) is 6.11. The van der Waals surface area contributed by atoms with Crippen molar-refractivity contribution in [3.05, 3.63) is 25.3 Å². The molecule has 0 aliphatic rings. The molecule has 0 bridgehead atoms. The Morgan fingerprint density at radius 3 is 2.00 bits per heavy atom. The molecule has 0 radical (unpaired) electrons. The first-order valence-electron chi connectivity index (χ1n) is 4.39. The van der Waals surface area contributed by atoms with Gasteiger partial charge >= 0.3 is 0 Å². The van der Waals surface area contributed by atoms with Crippen molar-refractivity contribution in [2.75, 3.05) is 13.1 Å². The van der Waals surface area contributed by atoms with Crippen LogP contribution in [-0.4, -0.2) is 29.8 Å². The normalized spacial score (nSPS) is 9.14. The lowest BCUT2D eigenvalue weighted by Gasteiger charge is -2.18. The van der Waals surface area contributed by atoms with Crippen molar-refractivity contribution in [1.82, 2.24) is 4.90 Å².